The van der Waals surface area contributed by atoms with E-state index in [1.165, 1.54) is 17.3 Å². The van der Waals surface area contributed by atoms with Crippen LogP contribution in [-0.2, 0) is 16.2 Å². The van der Waals surface area contributed by atoms with E-state index >= 15 is 0 Å². The van der Waals surface area contributed by atoms with Crippen molar-refractivity contribution in [3.63, 3.8) is 0 Å². The van der Waals surface area contributed by atoms with E-state index < -0.39 is 5.91 Å². The highest BCUT2D eigenvalue weighted by Crippen LogP contribution is 2.33. The number of aromatic nitrogens is 3. The molecular formula is C20H24N6O4. The van der Waals surface area contributed by atoms with Crippen molar-refractivity contribution in [2.24, 2.45) is 11.7 Å². The number of hydroxylamine groups is 2. The van der Waals surface area contributed by atoms with Gasteiger partial charge in [0.05, 0.1) is 19.3 Å². The monoisotopic (exact) mass is 412 g/mol. The van der Waals surface area contributed by atoms with Gasteiger partial charge in [-0.15, -0.1) is 0 Å². The first-order chi connectivity index (χ1) is 14.6. The van der Waals surface area contributed by atoms with Gasteiger partial charge in [-0.05, 0) is 36.1 Å². The number of anilines is 1. The lowest BCUT2D eigenvalue weighted by Gasteiger charge is -2.34. The van der Waals surface area contributed by atoms with Gasteiger partial charge >= 0.3 is 0 Å². The van der Waals surface area contributed by atoms with E-state index in [2.05, 4.69) is 15.0 Å². The molecule has 0 saturated carbocycles. The molecule has 1 unspecified atom stereocenters. The average molecular weight is 412 g/mol. The summed E-state index contributed by atoms with van der Waals surface area (Å²) in [6.07, 6.45) is 6.78. The lowest BCUT2D eigenvalue weighted by molar-refractivity contribution is -0.182. The SMILES string of the molecule is NC(=O)c1ccnc(N2CCC(C(=O)N3OCCC3c3cncc(CO)c3)CC2)n1. The van der Waals surface area contributed by atoms with E-state index in [9.17, 15) is 14.7 Å². The first kappa shape index (κ1) is 20.2. The molecule has 2 aliphatic heterocycles. The molecule has 4 rings (SSSR count). The number of carbonyl (C=O) groups is 2. The molecule has 2 aliphatic rings. The minimum absolute atomic E-state index is 0.0432. The Morgan fingerprint density at radius 3 is 2.77 bits per heavy atom. The zero-order valence-electron chi connectivity index (χ0n) is 16.5. The number of aliphatic hydroxyl groups excluding tert-OH is 1. The lowest BCUT2D eigenvalue weighted by atomic mass is 9.94. The summed E-state index contributed by atoms with van der Waals surface area (Å²) in [5.74, 6) is -0.367. The van der Waals surface area contributed by atoms with Crippen molar-refractivity contribution in [1.29, 1.82) is 0 Å². The van der Waals surface area contributed by atoms with Gasteiger partial charge in [0, 0.05) is 44.0 Å². The molecule has 2 amide bonds. The highest BCUT2D eigenvalue weighted by atomic mass is 16.7. The van der Waals surface area contributed by atoms with E-state index in [0.717, 1.165) is 5.56 Å². The van der Waals surface area contributed by atoms with Crippen LogP contribution in [0.15, 0.2) is 30.7 Å². The summed E-state index contributed by atoms with van der Waals surface area (Å²) in [7, 11) is 0. The molecular weight excluding hydrogens is 388 g/mol. The topological polar surface area (TPSA) is 135 Å². The summed E-state index contributed by atoms with van der Waals surface area (Å²) in [4.78, 5) is 44.7. The van der Waals surface area contributed by atoms with Gasteiger partial charge in [0.2, 0.25) is 11.9 Å². The number of hydrogen-bond donors (Lipinski definition) is 2. The first-order valence-electron chi connectivity index (χ1n) is 9.95. The second-order valence-corrected chi connectivity index (χ2v) is 7.45. The lowest BCUT2D eigenvalue weighted by Crippen LogP contribution is -2.42. The van der Waals surface area contributed by atoms with Gasteiger partial charge in [-0.3, -0.25) is 19.4 Å². The molecule has 10 heteroatoms. The Bertz CT molecular complexity index is 931. The van der Waals surface area contributed by atoms with Crippen molar-refractivity contribution in [2.45, 2.75) is 31.9 Å². The van der Waals surface area contributed by atoms with Crippen LogP contribution in [0.4, 0.5) is 5.95 Å². The maximum absolute atomic E-state index is 13.1. The molecule has 1 atom stereocenters. The van der Waals surface area contributed by atoms with E-state index in [0.29, 0.717) is 50.5 Å². The Kier molecular flexibility index (Phi) is 5.86. The molecule has 2 fully saturated rings. The fourth-order valence-corrected chi connectivity index (χ4v) is 3.91. The third-order valence-electron chi connectivity index (χ3n) is 5.53. The zero-order valence-corrected chi connectivity index (χ0v) is 16.5. The van der Waals surface area contributed by atoms with Crippen LogP contribution in [0.5, 0.6) is 0 Å². The van der Waals surface area contributed by atoms with Crippen LogP contribution >= 0.6 is 0 Å². The standard InChI is InChI=1S/C20H24N6O4/c21-18(28)16-1-5-23-20(24-16)25-6-2-14(3-7-25)19(29)26-17(4-8-30-26)15-9-13(12-27)10-22-11-15/h1,5,9-11,14,17,27H,2-4,6-8,12H2,(H2,21,28). The minimum Gasteiger partial charge on any atom is -0.392 e. The predicted octanol–water partition coefficient (Wildman–Crippen LogP) is 0.584. The smallest absolute Gasteiger partial charge is 0.267 e. The predicted molar refractivity (Wildman–Crippen MR) is 106 cm³/mol. The maximum atomic E-state index is 13.1. The summed E-state index contributed by atoms with van der Waals surface area (Å²) >= 11 is 0. The van der Waals surface area contributed by atoms with Crippen molar-refractivity contribution < 1.29 is 19.5 Å². The molecule has 3 N–H and O–H groups in total. The van der Waals surface area contributed by atoms with Gasteiger partial charge in [-0.1, -0.05) is 0 Å². The number of nitrogens with two attached hydrogens (primary N) is 1. The fourth-order valence-electron chi connectivity index (χ4n) is 3.91. The van der Waals surface area contributed by atoms with E-state index in [4.69, 9.17) is 10.6 Å². The van der Waals surface area contributed by atoms with Crippen molar-refractivity contribution >= 4 is 17.8 Å². The minimum atomic E-state index is -0.597. The second-order valence-electron chi connectivity index (χ2n) is 7.45. The van der Waals surface area contributed by atoms with E-state index in [1.807, 2.05) is 11.0 Å². The molecule has 0 bridgehead atoms. The van der Waals surface area contributed by atoms with E-state index in [1.54, 1.807) is 12.4 Å². The van der Waals surface area contributed by atoms with Crippen molar-refractivity contribution in [3.8, 4) is 0 Å². The van der Waals surface area contributed by atoms with Crippen molar-refractivity contribution in [3.05, 3.63) is 47.5 Å². The van der Waals surface area contributed by atoms with Gasteiger partial charge in [0.15, 0.2) is 0 Å². The number of pyridine rings is 1. The quantitative estimate of drug-likeness (QED) is 0.728. The third kappa shape index (κ3) is 4.10. The summed E-state index contributed by atoms with van der Waals surface area (Å²) < 4.78 is 0. The second kappa shape index (κ2) is 8.72. The van der Waals surface area contributed by atoms with Gasteiger partial charge in [0.1, 0.15) is 5.69 Å². The number of nitrogens with zero attached hydrogens (tertiary/aromatic N) is 5. The van der Waals surface area contributed by atoms with Crippen LogP contribution < -0.4 is 10.6 Å². The Hall–Kier alpha value is -3.11. The summed E-state index contributed by atoms with van der Waals surface area (Å²) in [5.41, 5.74) is 7.03. The van der Waals surface area contributed by atoms with Gasteiger partial charge in [-0.25, -0.2) is 15.0 Å². The van der Waals surface area contributed by atoms with Crippen LogP contribution in [0, 0.1) is 5.92 Å². The number of amides is 2. The fraction of sp³-hybridized carbons (Fsp3) is 0.450. The van der Waals surface area contributed by atoms with Crippen LogP contribution in [0.2, 0.25) is 0 Å². The molecule has 2 aromatic rings. The molecule has 0 radical (unpaired) electrons. The maximum Gasteiger partial charge on any atom is 0.267 e. The van der Waals surface area contributed by atoms with Crippen LogP contribution in [0.3, 0.4) is 0 Å². The molecule has 0 aliphatic carbocycles. The number of rotatable bonds is 5. The van der Waals surface area contributed by atoms with Crippen LogP contribution in [0.25, 0.3) is 0 Å². The highest BCUT2D eigenvalue weighted by Gasteiger charge is 2.37. The Labute approximate surface area is 173 Å². The molecule has 30 heavy (non-hydrogen) atoms. The van der Waals surface area contributed by atoms with Gasteiger partial charge in [-0.2, -0.15) is 0 Å². The summed E-state index contributed by atoms with van der Waals surface area (Å²) in [6, 6.07) is 3.14. The Morgan fingerprint density at radius 2 is 2.03 bits per heavy atom. The zero-order chi connectivity index (χ0) is 21.1. The van der Waals surface area contributed by atoms with Crippen LogP contribution in [-0.4, -0.2) is 56.6 Å². The highest BCUT2D eigenvalue weighted by molar-refractivity contribution is 5.90. The third-order valence-corrected chi connectivity index (χ3v) is 5.53. The summed E-state index contributed by atoms with van der Waals surface area (Å²) in [6.45, 7) is 1.56. The number of piperidine rings is 1. The molecule has 4 heterocycles. The number of aliphatic hydroxyl groups is 1. The Balaban J connectivity index is 1.41. The summed E-state index contributed by atoms with van der Waals surface area (Å²) in [5, 5.41) is 10.8. The molecule has 10 nitrogen and oxygen atoms in total. The number of primary amides is 1. The van der Waals surface area contributed by atoms with E-state index in [-0.39, 0.29) is 30.2 Å². The molecule has 0 spiro atoms. The molecule has 2 saturated heterocycles. The average Bonchev–Trinajstić information content (AvgIpc) is 3.29. The molecule has 158 valence electrons. The molecule has 2 aromatic heterocycles. The van der Waals surface area contributed by atoms with Crippen molar-refractivity contribution in [1.82, 2.24) is 20.0 Å². The number of hydrogen-bond acceptors (Lipinski definition) is 8. The van der Waals surface area contributed by atoms with Gasteiger partial charge in [0.25, 0.3) is 5.91 Å². The largest absolute Gasteiger partial charge is 0.392 e. The Morgan fingerprint density at radius 1 is 1.23 bits per heavy atom. The van der Waals surface area contributed by atoms with Crippen molar-refractivity contribution in [2.75, 3.05) is 24.6 Å². The normalized spacial score (nSPS) is 19.8. The van der Waals surface area contributed by atoms with Crippen LogP contribution in [0.1, 0.15) is 46.9 Å². The molecule has 0 aromatic carbocycles. The van der Waals surface area contributed by atoms with Gasteiger partial charge < -0.3 is 15.7 Å². The number of carbonyl (C=O) groups excluding carboxylic acids is 2. The first-order valence-corrected chi connectivity index (χ1v) is 9.95.